The lowest BCUT2D eigenvalue weighted by molar-refractivity contribution is -0.121. The van der Waals surface area contributed by atoms with Crippen molar-refractivity contribution in [1.29, 1.82) is 0 Å². The second kappa shape index (κ2) is 6.48. The standard InChI is InChI=1S/C11H21N3O2/c1-8(6-10(12)15)14-11(16)7-13-9-4-2-3-5-9/h8-9,13H,2-7H2,1H3,(H2,12,15)(H,14,16). The fourth-order valence-corrected chi connectivity index (χ4v) is 2.05. The summed E-state index contributed by atoms with van der Waals surface area (Å²) in [5.74, 6) is -0.461. The van der Waals surface area contributed by atoms with Crippen LogP contribution in [0, 0.1) is 0 Å². The van der Waals surface area contributed by atoms with E-state index < -0.39 is 5.91 Å². The molecule has 1 fully saturated rings. The van der Waals surface area contributed by atoms with Gasteiger partial charge < -0.3 is 16.4 Å². The summed E-state index contributed by atoms with van der Waals surface area (Å²) in [5.41, 5.74) is 5.04. The molecule has 0 aromatic carbocycles. The fourth-order valence-electron chi connectivity index (χ4n) is 2.05. The van der Waals surface area contributed by atoms with Crippen molar-refractivity contribution in [3.05, 3.63) is 0 Å². The molecular formula is C11H21N3O2. The van der Waals surface area contributed by atoms with Crippen molar-refractivity contribution in [2.75, 3.05) is 6.54 Å². The van der Waals surface area contributed by atoms with E-state index in [-0.39, 0.29) is 18.4 Å². The molecule has 16 heavy (non-hydrogen) atoms. The van der Waals surface area contributed by atoms with Crippen molar-refractivity contribution < 1.29 is 9.59 Å². The average molecular weight is 227 g/mol. The van der Waals surface area contributed by atoms with Crippen LogP contribution in [0.25, 0.3) is 0 Å². The summed E-state index contributed by atoms with van der Waals surface area (Å²) < 4.78 is 0. The van der Waals surface area contributed by atoms with Gasteiger partial charge in [0, 0.05) is 18.5 Å². The minimum absolute atomic E-state index is 0.0688. The topological polar surface area (TPSA) is 84.2 Å². The Morgan fingerprint density at radius 1 is 1.38 bits per heavy atom. The number of primary amides is 1. The highest BCUT2D eigenvalue weighted by atomic mass is 16.2. The lowest BCUT2D eigenvalue weighted by Gasteiger charge is -2.14. The van der Waals surface area contributed by atoms with Gasteiger partial charge in [-0.2, -0.15) is 0 Å². The van der Waals surface area contributed by atoms with Crippen LogP contribution in [0.3, 0.4) is 0 Å². The van der Waals surface area contributed by atoms with Crippen molar-refractivity contribution >= 4 is 11.8 Å². The van der Waals surface area contributed by atoms with Gasteiger partial charge in [-0.3, -0.25) is 9.59 Å². The Hall–Kier alpha value is -1.10. The van der Waals surface area contributed by atoms with Crippen LogP contribution in [-0.2, 0) is 9.59 Å². The Morgan fingerprint density at radius 2 is 2.00 bits per heavy atom. The van der Waals surface area contributed by atoms with Crippen LogP contribution in [0.4, 0.5) is 0 Å². The summed E-state index contributed by atoms with van der Waals surface area (Å²) >= 11 is 0. The molecule has 0 radical (unpaired) electrons. The summed E-state index contributed by atoms with van der Waals surface area (Å²) in [5, 5.41) is 5.94. The smallest absolute Gasteiger partial charge is 0.234 e. The van der Waals surface area contributed by atoms with Gasteiger partial charge in [-0.15, -0.1) is 0 Å². The van der Waals surface area contributed by atoms with Gasteiger partial charge in [-0.1, -0.05) is 12.8 Å². The third-order valence-corrected chi connectivity index (χ3v) is 2.82. The molecule has 0 saturated heterocycles. The first-order valence-electron chi connectivity index (χ1n) is 5.89. The number of hydrogen-bond donors (Lipinski definition) is 3. The van der Waals surface area contributed by atoms with E-state index in [1.165, 1.54) is 12.8 Å². The molecule has 0 bridgehead atoms. The van der Waals surface area contributed by atoms with E-state index in [0.717, 1.165) is 12.8 Å². The summed E-state index contributed by atoms with van der Waals surface area (Å²) in [6.45, 7) is 2.10. The van der Waals surface area contributed by atoms with Crippen LogP contribution in [0.1, 0.15) is 39.0 Å². The predicted molar refractivity (Wildman–Crippen MR) is 61.7 cm³/mol. The zero-order valence-corrected chi connectivity index (χ0v) is 9.79. The molecule has 92 valence electrons. The molecule has 1 saturated carbocycles. The zero-order valence-electron chi connectivity index (χ0n) is 9.79. The Kier molecular flexibility index (Phi) is 5.25. The van der Waals surface area contributed by atoms with Gasteiger partial charge in [0.15, 0.2) is 0 Å². The zero-order chi connectivity index (χ0) is 12.0. The first-order chi connectivity index (χ1) is 7.58. The van der Waals surface area contributed by atoms with Crippen LogP contribution in [-0.4, -0.2) is 30.4 Å². The summed E-state index contributed by atoms with van der Waals surface area (Å²) in [7, 11) is 0. The molecule has 0 aliphatic heterocycles. The Morgan fingerprint density at radius 3 is 2.56 bits per heavy atom. The third-order valence-electron chi connectivity index (χ3n) is 2.82. The Labute approximate surface area is 96.1 Å². The molecule has 5 nitrogen and oxygen atoms in total. The molecule has 1 unspecified atom stereocenters. The van der Waals surface area contributed by atoms with Gasteiger partial charge in [0.1, 0.15) is 0 Å². The first kappa shape index (κ1) is 13.0. The van der Waals surface area contributed by atoms with E-state index in [2.05, 4.69) is 10.6 Å². The Bertz CT molecular complexity index is 250. The van der Waals surface area contributed by atoms with Crippen molar-refractivity contribution in [2.45, 2.75) is 51.1 Å². The number of rotatable bonds is 6. The maximum atomic E-state index is 11.5. The van der Waals surface area contributed by atoms with Gasteiger partial charge in [0.25, 0.3) is 0 Å². The molecule has 1 atom stereocenters. The highest BCUT2D eigenvalue weighted by Gasteiger charge is 2.16. The van der Waals surface area contributed by atoms with Crippen molar-refractivity contribution in [3.8, 4) is 0 Å². The fraction of sp³-hybridized carbons (Fsp3) is 0.818. The van der Waals surface area contributed by atoms with Crippen molar-refractivity contribution in [3.63, 3.8) is 0 Å². The SMILES string of the molecule is CC(CC(N)=O)NC(=O)CNC1CCCC1. The first-order valence-corrected chi connectivity index (χ1v) is 5.89. The highest BCUT2D eigenvalue weighted by molar-refractivity contribution is 5.80. The number of amides is 2. The quantitative estimate of drug-likeness (QED) is 0.592. The lowest BCUT2D eigenvalue weighted by Crippen LogP contribution is -2.42. The van der Waals surface area contributed by atoms with Gasteiger partial charge in [0.05, 0.1) is 6.54 Å². The van der Waals surface area contributed by atoms with Crippen LogP contribution in [0.5, 0.6) is 0 Å². The second-order valence-electron chi connectivity index (χ2n) is 4.50. The summed E-state index contributed by atoms with van der Waals surface area (Å²) in [4.78, 5) is 22.1. The molecule has 1 aliphatic rings. The van der Waals surface area contributed by atoms with E-state index in [9.17, 15) is 9.59 Å². The minimum Gasteiger partial charge on any atom is -0.370 e. The molecule has 0 spiro atoms. The lowest BCUT2D eigenvalue weighted by atomic mass is 10.2. The number of nitrogens with one attached hydrogen (secondary N) is 2. The van der Waals surface area contributed by atoms with Gasteiger partial charge in [-0.05, 0) is 19.8 Å². The van der Waals surface area contributed by atoms with Crippen LogP contribution in [0.15, 0.2) is 0 Å². The van der Waals surface area contributed by atoms with Gasteiger partial charge in [0.2, 0.25) is 11.8 Å². The van der Waals surface area contributed by atoms with E-state index in [4.69, 9.17) is 5.73 Å². The normalized spacial score (nSPS) is 18.3. The van der Waals surface area contributed by atoms with Crippen LogP contribution < -0.4 is 16.4 Å². The number of hydrogen-bond acceptors (Lipinski definition) is 3. The molecule has 0 aromatic rings. The molecule has 2 amide bonds. The molecule has 4 N–H and O–H groups in total. The van der Waals surface area contributed by atoms with E-state index in [0.29, 0.717) is 12.6 Å². The molecule has 0 aromatic heterocycles. The molecule has 1 aliphatic carbocycles. The molecular weight excluding hydrogens is 206 g/mol. The highest BCUT2D eigenvalue weighted by Crippen LogP contribution is 2.17. The van der Waals surface area contributed by atoms with E-state index in [1.807, 2.05) is 0 Å². The third kappa shape index (κ3) is 5.11. The second-order valence-corrected chi connectivity index (χ2v) is 4.50. The Balaban J connectivity index is 2.12. The predicted octanol–water partition coefficient (Wildman–Crippen LogP) is -0.101. The maximum absolute atomic E-state index is 11.5. The molecule has 5 heteroatoms. The largest absolute Gasteiger partial charge is 0.370 e. The molecule has 0 heterocycles. The number of carbonyl (C=O) groups is 2. The van der Waals surface area contributed by atoms with Gasteiger partial charge in [-0.25, -0.2) is 0 Å². The minimum atomic E-state index is -0.392. The monoisotopic (exact) mass is 227 g/mol. The summed E-state index contributed by atoms with van der Waals surface area (Å²) in [6.07, 6.45) is 5.00. The number of nitrogens with two attached hydrogens (primary N) is 1. The van der Waals surface area contributed by atoms with Crippen LogP contribution in [0.2, 0.25) is 0 Å². The van der Waals surface area contributed by atoms with Gasteiger partial charge >= 0.3 is 0 Å². The van der Waals surface area contributed by atoms with E-state index >= 15 is 0 Å². The van der Waals surface area contributed by atoms with E-state index in [1.54, 1.807) is 6.92 Å². The van der Waals surface area contributed by atoms with Crippen LogP contribution >= 0.6 is 0 Å². The van der Waals surface area contributed by atoms with Crippen molar-refractivity contribution in [1.82, 2.24) is 10.6 Å². The maximum Gasteiger partial charge on any atom is 0.234 e. The molecule has 1 rings (SSSR count). The number of carbonyl (C=O) groups excluding carboxylic acids is 2. The van der Waals surface area contributed by atoms with Crippen molar-refractivity contribution in [2.24, 2.45) is 5.73 Å². The average Bonchev–Trinajstić information content (AvgIpc) is 2.65. The summed E-state index contributed by atoms with van der Waals surface area (Å²) in [6, 6.07) is 0.299.